The second-order valence-corrected chi connectivity index (χ2v) is 10.3. The minimum atomic E-state index is -4.19. The lowest BCUT2D eigenvalue weighted by atomic mass is 10.00. The first-order valence-corrected chi connectivity index (χ1v) is 12.8. The minimum Gasteiger partial charge on any atom is -0.478 e. The van der Waals surface area contributed by atoms with Crippen LogP contribution in [0, 0.1) is 13.8 Å². The molecule has 1 heterocycles. The average molecular weight is 515 g/mol. The summed E-state index contributed by atoms with van der Waals surface area (Å²) in [5.74, 6) is -1.34. The van der Waals surface area contributed by atoms with Gasteiger partial charge in [-0.1, -0.05) is 24.3 Å². The van der Waals surface area contributed by atoms with Crippen molar-refractivity contribution in [3.8, 4) is 17.1 Å². The number of nitrogens with zero attached hydrogens (tertiary/aromatic N) is 2. The van der Waals surface area contributed by atoms with Crippen LogP contribution in [-0.4, -0.2) is 54.8 Å². The van der Waals surface area contributed by atoms with Gasteiger partial charge >= 0.3 is 5.97 Å². The lowest BCUT2D eigenvalue weighted by Crippen LogP contribution is -2.34. The van der Waals surface area contributed by atoms with E-state index >= 15 is 0 Å². The van der Waals surface area contributed by atoms with E-state index in [1.54, 1.807) is 6.07 Å². The van der Waals surface area contributed by atoms with Crippen LogP contribution in [0.5, 0.6) is 5.88 Å². The quantitative estimate of drug-likeness (QED) is 0.349. The van der Waals surface area contributed by atoms with Gasteiger partial charge in [0.1, 0.15) is 6.61 Å². The Morgan fingerprint density at radius 2 is 1.72 bits per heavy atom. The third-order valence-electron chi connectivity index (χ3n) is 5.15. The Labute approximate surface area is 210 Å². The molecule has 2 aromatic carbocycles. The van der Waals surface area contributed by atoms with Crippen molar-refractivity contribution in [1.82, 2.24) is 9.97 Å². The molecule has 0 aliphatic rings. The van der Waals surface area contributed by atoms with Crippen LogP contribution in [0.3, 0.4) is 0 Å². The van der Waals surface area contributed by atoms with Crippen LogP contribution in [0.1, 0.15) is 35.3 Å². The number of carboxylic acid groups (broad SMARTS) is 1. The molecule has 10 nitrogen and oxygen atoms in total. The van der Waals surface area contributed by atoms with E-state index in [4.69, 9.17) is 15.2 Å². The predicted molar refractivity (Wildman–Crippen MR) is 136 cm³/mol. The van der Waals surface area contributed by atoms with Gasteiger partial charge in [0.05, 0.1) is 34.9 Å². The number of hydrogen-bond donors (Lipinski definition) is 3. The standard InChI is InChI=1S/C25H30N4O6S/c1-15(2)34-13-19(26)14-35-22-12-21(23-16(3)7-5-8-17(23)4)27-25(28-22)29-36(32,33)20-10-6-9-18(11-20)24(30)31/h5-12,15,19H,13-14,26H2,1-4H3,(H,30,31)(H,27,28,29). The Kier molecular flexibility index (Phi) is 8.62. The summed E-state index contributed by atoms with van der Waals surface area (Å²) >= 11 is 0. The number of aryl methyl sites for hydroxylation is 2. The summed E-state index contributed by atoms with van der Waals surface area (Å²) in [5.41, 5.74) is 9.04. The maximum Gasteiger partial charge on any atom is 0.335 e. The molecule has 1 atom stereocenters. The van der Waals surface area contributed by atoms with Crippen LogP contribution >= 0.6 is 0 Å². The van der Waals surface area contributed by atoms with E-state index in [9.17, 15) is 18.3 Å². The first-order valence-electron chi connectivity index (χ1n) is 11.3. The van der Waals surface area contributed by atoms with Crippen molar-refractivity contribution in [2.75, 3.05) is 17.9 Å². The number of aromatic nitrogens is 2. The first-order chi connectivity index (χ1) is 17.0. The van der Waals surface area contributed by atoms with Crippen molar-refractivity contribution in [2.45, 2.75) is 44.7 Å². The van der Waals surface area contributed by atoms with Gasteiger partial charge in [0.25, 0.3) is 10.0 Å². The largest absolute Gasteiger partial charge is 0.478 e. The highest BCUT2D eigenvalue weighted by molar-refractivity contribution is 7.92. The molecule has 0 radical (unpaired) electrons. The summed E-state index contributed by atoms with van der Waals surface area (Å²) in [4.78, 5) is 19.7. The zero-order valence-corrected chi connectivity index (χ0v) is 21.4. The minimum absolute atomic E-state index is 0.0198. The van der Waals surface area contributed by atoms with Gasteiger partial charge in [0.15, 0.2) is 0 Å². The van der Waals surface area contributed by atoms with Crippen LogP contribution in [0.4, 0.5) is 5.95 Å². The molecule has 192 valence electrons. The highest BCUT2D eigenvalue weighted by Crippen LogP contribution is 2.29. The SMILES string of the molecule is Cc1cccc(C)c1-c1cc(OCC(N)COC(C)C)nc(NS(=O)(=O)c2cccc(C(=O)O)c2)n1. The smallest absolute Gasteiger partial charge is 0.335 e. The lowest BCUT2D eigenvalue weighted by Gasteiger charge is -2.17. The first kappa shape index (κ1) is 27.1. The summed E-state index contributed by atoms with van der Waals surface area (Å²) in [5, 5.41) is 9.21. The maximum atomic E-state index is 13.0. The molecule has 1 aromatic heterocycles. The van der Waals surface area contributed by atoms with Crippen LogP contribution in [0.25, 0.3) is 11.3 Å². The molecule has 0 spiro atoms. The molecule has 0 bridgehead atoms. The summed E-state index contributed by atoms with van der Waals surface area (Å²) in [7, 11) is -4.19. The van der Waals surface area contributed by atoms with Gasteiger partial charge in [-0.25, -0.2) is 22.9 Å². The highest BCUT2D eigenvalue weighted by Gasteiger charge is 2.20. The molecule has 11 heteroatoms. The Morgan fingerprint density at radius 3 is 2.36 bits per heavy atom. The molecule has 0 fully saturated rings. The van der Waals surface area contributed by atoms with Crippen molar-refractivity contribution in [3.63, 3.8) is 0 Å². The molecule has 1 unspecified atom stereocenters. The summed E-state index contributed by atoms with van der Waals surface area (Å²) in [6.45, 7) is 8.02. The number of hydrogen-bond acceptors (Lipinski definition) is 8. The monoisotopic (exact) mass is 514 g/mol. The van der Waals surface area contributed by atoms with Crippen molar-refractivity contribution >= 4 is 21.9 Å². The Balaban J connectivity index is 1.97. The number of carboxylic acids is 1. The van der Waals surface area contributed by atoms with Gasteiger partial charge in [0.2, 0.25) is 11.8 Å². The van der Waals surface area contributed by atoms with Gasteiger partial charge in [-0.15, -0.1) is 0 Å². The van der Waals surface area contributed by atoms with Crippen LogP contribution in [0.2, 0.25) is 0 Å². The van der Waals surface area contributed by atoms with Gasteiger partial charge in [0, 0.05) is 11.6 Å². The number of anilines is 1. The molecule has 3 rings (SSSR count). The fourth-order valence-corrected chi connectivity index (χ4v) is 4.41. The number of rotatable bonds is 11. The summed E-state index contributed by atoms with van der Waals surface area (Å²) in [6.07, 6.45) is 0.0198. The topological polar surface area (TPSA) is 154 Å². The molecular weight excluding hydrogens is 484 g/mol. The number of benzene rings is 2. The van der Waals surface area contributed by atoms with E-state index in [1.165, 1.54) is 18.2 Å². The van der Waals surface area contributed by atoms with Gasteiger partial charge in [-0.05, 0) is 57.0 Å². The van der Waals surface area contributed by atoms with E-state index < -0.39 is 22.0 Å². The number of carbonyl (C=O) groups is 1. The molecule has 0 amide bonds. The Hall–Kier alpha value is -3.54. The Bertz CT molecular complexity index is 1320. The molecule has 0 saturated heterocycles. The number of sulfonamides is 1. The van der Waals surface area contributed by atoms with E-state index in [1.807, 2.05) is 45.9 Å². The number of nitrogens with two attached hydrogens (primary N) is 1. The van der Waals surface area contributed by atoms with Crippen LogP contribution in [0.15, 0.2) is 53.4 Å². The van der Waals surface area contributed by atoms with E-state index in [0.717, 1.165) is 22.8 Å². The number of aromatic carboxylic acids is 1. The molecule has 4 N–H and O–H groups in total. The molecule has 0 aliphatic heterocycles. The molecule has 36 heavy (non-hydrogen) atoms. The zero-order valence-electron chi connectivity index (χ0n) is 20.6. The third kappa shape index (κ3) is 7.00. The summed E-state index contributed by atoms with van der Waals surface area (Å²) in [6, 6.07) is 12.0. The van der Waals surface area contributed by atoms with Gasteiger partial charge < -0.3 is 20.3 Å². The zero-order chi connectivity index (χ0) is 26.5. The normalized spacial score (nSPS) is 12.4. The van der Waals surface area contributed by atoms with E-state index in [2.05, 4.69) is 14.7 Å². The van der Waals surface area contributed by atoms with Crippen molar-refractivity contribution in [3.05, 3.63) is 65.2 Å². The fraction of sp³-hybridized carbons (Fsp3) is 0.320. The second-order valence-electron chi connectivity index (χ2n) is 8.57. The molecule has 0 aliphatic carbocycles. The second kappa shape index (κ2) is 11.5. The number of ether oxygens (including phenoxy) is 2. The lowest BCUT2D eigenvalue weighted by molar-refractivity contribution is 0.0583. The van der Waals surface area contributed by atoms with Crippen molar-refractivity contribution in [1.29, 1.82) is 0 Å². The molecule has 3 aromatic rings. The molecule has 0 saturated carbocycles. The van der Waals surface area contributed by atoms with Crippen LogP contribution in [-0.2, 0) is 14.8 Å². The highest BCUT2D eigenvalue weighted by atomic mass is 32.2. The fourth-order valence-electron chi connectivity index (χ4n) is 3.42. The maximum absolute atomic E-state index is 13.0. The molecular formula is C25H30N4O6S. The predicted octanol–water partition coefficient (Wildman–Crippen LogP) is 3.39. The summed E-state index contributed by atoms with van der Waals surface area (Å²) < 4.78 is 39.7. The van der Waals surface area contributed by atoms with Crippen molar-refractivity contribution in [2.24, 2.45) is 5.73 Å². The van der Waals surface area contributed by atoms with Gasteiger partial charge in [-0.2, -0.15) is 4.98 Å². The van der Waals surface area contributed by atoms with Crippen LogP contribution < -0.4 is 15.2 Å². The third-order valence-corrected chi connectivity index (χ3v) is 6.47. The van der Waals surface area contributed by atoms with E-state index in [-0.39, 0.29) is 41.6 Å². The Morgan fingerprint density at radius 1 is 1.06 bits per heavy atom. The van der Waals surface area contributed by atoms with E-state index in [0.29, 0.717) is 5.69 Å². The number of nitrogens with one attached hydrogen (secondary N) is 1. The average Bonchev–Trinajstić information content (AvgIpc) is 2.81. The van der Waals surface area contributed by atoms with Gasteiger partial charge in [-0.3, -0.25) is 0 Å². The van der Waals surface area contributed by atoms with Crippen molar-refractivity contribution < 1.29 is 27.8 Å².